The first-order chi connectivity index (χ1) is 6.17. The highest BCUT2D eigenvalue weighted by molar-refractivity contribution is 6.17. The Kier molecular flexibility index (Phi) is 3.45. The number of alkyl halides is 3. The van der Waals surface area contributed by atoms with Crippen molar-refractivity contribution in [3.63, 3.8) is 0 Å². The van der Waals surface area contributed by atoms with Gasteiger partial charge in [0.15, 0.2) is 0 Å². The zero-order chi connectivity index (χ0) is 9.84. The summed E-state index contributed by atoms with van der Waals surface area (Å²) in [5.74, 6) is 5.29. The van der Waals surface area contributed by atoms with Gasteiger partial charge in [0.25, 0.3) is 6.43 Å². The van der Waals surface area contributed by atoms with Crippen LogP contribution in [0.25, 0.3) is 0 Å². The van der Waals surface area contributed by atoms with Crippen molar-refractivity contribution in [2.45, 2.75) is 12.3 Å². The van der Waals surface area contributed by atoms with Gasteiger partial charge < -0.3 is 5.43 Å². The summed E-state index contributed by atoms with van der Waals surface area (Å²) < 4.78 is 24.6. The van der Waals surface area contributed by atoms with Gasteiger partial charge >= 0.3 is 0 Å². The molecule has 0 fully saturated rings. The molecule has 5 heteroatoms. The number of anilines is 1. The maximum absolute atomic E-state index is 12.3. The van der Waals surface area contributed by atoms with Crippen LogP contribution in [0.2, 0.25) is 0 Å². The average molecular weight is 207 g/mol. The molecule has 0 aliphatic rings. The zero-order valence-corrected chi connectivity index (χ0v) is 7.48. The highest BCUT2D eigenvalue weighted by Crippen LogP contribution is 2.24. The zero-order valence-electron chi connectivity index (χ0n) is 6.73. The molecule has 0 bridgehead atoms. The average Bonchev–Trinajstić information content (AvgIpc) is 2.16. The number of hydrogen-bond donors (Lipinski definition) is 2. The number of rotatable bonds is 3. The van der Waals surface area contributed by atoms with E-state index >= 15 is 0 Å². The Labute approximate surface area is 79.7 Å². The Morgan fingerprint density at radius 3 is 2.54 bits per heavy atom. The number of nitrogens with one attached hydrogen (secondary N) is 1. The molecule has 0 unspecified atom stereocenters. The van der Waals surface area contributed by atoms with Gasteiger partial charge in [-0.15, -0.1) is 11.6 Å². The third-order valence-corrected chi connectivity index (χ3v) is 1.90. The lowest BCUT2D eigenvalue weighted by Crippen LogP contribution is -2.07. The molecule has 1 aromatic carbocycles. The lowest BCUT2D eigenvalue weighted by atomic mass is 10.1. The second-order valence-corrected chi connectivity index (χ2v) is 2.81. The van der Waals surface area contributed by atoms with Gasteiger partial charge in [-0.3, -0.25) is 5.84 Å². The predicted molar refractivity (Wildman–Crippen MR) is 48.8 cm³/mol. The molecular formula is C8H9ClF2N2. The van der Waals surface area contributed by atoms with Gasteiger partial charge in [0.1, 0.15) is 0 Å². The van der Waals surface area contributed by atoms with Gasteiger partial charge in [-0.05, 0) is 23.8 Å². The van der Waals surface area contributed by atoms with Crippen LogP contribution in [0.4, 0.5) is 14.5 Å². The van der Waals surface area contributed by atoms with Crippen molar-refractivity contribution < 1.29 is 8.78 Å². The quantitative estimate of drug-likeness (QED) is 0.453. The van der Waals surface area contributed by atoms with Crippen molar-refractivity contribution in [3.05, 3.63) is 29.3 Å². The van der Waals surface area contributed by atoms with Crippen LogP contribution in [-0.4, -0.2) is 0 Å². The smallest absolute Gasteiger partial charge is 0.263 e. The van der Waals surface area contributed by atoms with E-state index in [0.29, 0.717) is 11.3 Å². The van der Waals surface area contributed by atoms with Crippen molar-refractivity contribution in [1.29, 1.82) is 0 Å². The van der Waals surface area contributed by atoms with E-state index in [1.807, 2.05) is 0 Å². The van der Waals surface area contributed by atoms with Crippen LogP contribution in [0.3, 0.4) is 0 Å². The maximum atomic E-state index is 12.3. The molecule has 0 atom stereocenters. The van der Waals surface area contributed by atoms with Crippen molar-refractivity contribution in [2.24, 2.45) is 5.84 Å². The van der Waals surface area contributed by atoms with Gasteiger partial charge in [0.2, 0.25) is 0 Å². The number of benzene rings is 1. The van der Waals surface area contributed by atoms with Gasteiger partial charge in [0.05, 0.1) is 0 Å². The molecule has 3 N–H and O–H groups in total. The molecule has 13 heavy (non-hydrogen) atoms. The van der Waals surface area contributed by atoms with Crippen molar-refractivity contribution in [1.82, 2.24) is 0 Å². The summed E-state index contributed by atoms with van der Waals surface area (Å²) in [6.07, 6.45) is -2.50. The Bertz CT molecular complexity index is 269. The fourth-order valence-corrected chi connectivity index (χ4v) is 1.16. The van der Waals surface area contributed by atoms with E-state index in [2.05, 4.69) is 5.43 Å². The molecule has 0 heterocycles. The van der Waals surface area contributed by atoms with Gasteiger partial charge in [-0.25, -0.2) is 8.78 Å². The van der Waals surface area contributed by atoms with E-state index < -0.39 is 6.43 Å². The van der Waals surface area contributed by atoms with Crippen molar-refractivity contribution in [2.75, 3.05) is 5.43 Å². The van der Waals surface area contributed by atoms with E-state index in [-0.39, 0.29) is 11.4 Å². The van der Waals surface area contributed by atoms with Crippen LogP contribution in [-0.2, 0) is 5.88 Å². The Hall–Kier alpha value is -0.870. The van der Waals surface area contributed by atoms with Crippen LogP contribution >= 0.6 is 11.6 Å². The van der Waals surface area contributed by atoms with Crippen LogP contribution < -0.4 is 11.3 Å². The number of nitrogen functional groups attached to an aromatic ring is 1. The number of nitrogens with two attached hydrogens (primary N) is 1. The molecule has 1 aromatic rings. The predicted octanol–water partition coefficient (Wildman–Crippen LogP) is 2.65. The molecule has 0 saturated heterocycles. The molecule has 0 aromatic heterocycles. The minimum absolute atomic E-state index is 0.0777. The molecule has 1 rings (SSSR count). The monoisotopic (exact) mass is 206 g/mol. The van der Waals surface area contributed by atoms with Crippen LogP contribution in [0, 0.1) is 0 Å². The standard InChI is InChI=1S/C8H9ClF2N2/c9-4-5-1-6(8(10)11)3-7(2-5)13-12/h1-3,8,13H,4,12H2. The van der Waals surface area contributed by atoms with Gasteiger partial charge in [0, 0.05) is 17.1 Å². The summed E-state index contributed by atoms with van der Waals surface area (Å²) in [7, 11) is 0. The van der Waals surface area contributed by atoms with E-state index in [1.165, 1.54) is 12.1 Å². The largest absolute Gasteiger partial charge is 0.324 e. The van der Waals surface area contributed by atoms with E-state index in [4.69, 9.17) is 17.4 Å². The van der Waals surface area contributed by atoms with E-state index in [9.17, 15) is 8.78 Å². The molecule has 2 nitrogen and oxygen atoms in total. The summed E-state index contributed by atoms with van der Waals surface area (Å²) in [4.78, 5) is 0. The third kappa shape index (κ3) is 2.54. The lowest BCUT2D eigenvalue weighted by molar-refractivity contribution is 0.151. The summed E-state index contributed by atoms with van der Waals surface area (Å²) in [5.41, 5.74) is 3.28. The minimum atomic E-state index is -2.50. The minimum Gasteiger partial charge on any atom is -0.324 e. The third-order valence-electron chi connectivity index (χ3n) is 1.59. The SMILES string of the molecule is NNc1cc(CCl)cc(C(F)F)c1. The fourth-order valence-electron chi connectivity index (χ4n) is 1.00. The second-order valence-electron chi connectivity index (χ2n) is 2.54. The van der Waals surface area contributed by atoms with Crippen LogP contribution in [0.1, 0.15) is 17.6 Å². The van der Waals surface area contributed by atoms with Crippen LogP contribution in [0.5, 0.6) is 0 Å². The van der Waals surface area contributed by atoms with E-state index in [0.717, 1.165) is 0 Å². The molecule has 0 aliphatic heterocycles. The van der Waals surface area contributed by atoms with Gasteiger partial charge in [-0.2, -0.15) is 0 Å². The molecule has 0 aliphatic carbocycles. The first kappa shape index (κ1) is 10.2. The number of hydrogen-bond acceptors (Lipinski definition) is 2. The fraction of sp³-hybridized carbons (Fsp3) is 0.250. The first-order valence-electron chi connectivity index (χ1n) is 3.62. The second kappa shape index (κ2) is 4.39. The molecule has 0 amide bonds. The summed E-state index contributed by atoms with van der Waals surface area (Å²) >= 11 is 5.52. The lowest BCUT2D eigenvalue weighted by Gasteiger charge is -2.06. The number of hydrazine groups is 1. The molecule has 0 saturated carbocycles. The Morgan fingerprint density at radius 2 is 2.08 bits per heavy atom. The molecule has 0 radical (unpaired) electrons. The normalized spacial score (nSPS) is 10.5. The van der Waals surface area contributed by atoms with Crippen molar-refractivity contribution in [3.8, 4) is 0 Å². The van der Waals surface area contributed by atoms with Crippen molar-refractivity contribution >= 4 is 17.3 Å². The Morgan fingerprint density at radius 1 is 1.38 bits per heavy atom. The van der Waals surface area contributed by atoms with Crippen LogP contribution in [0.15, 0.2) is 18.2 Å². The topological polar surface area (TPSA) is 38.0 Å². The molecule has 0 spiro atoms. The summed E-state index contributed by atoms with van der Waals surface area (Å²) in [5, 5.41) is 0. The highest BCUT2D eigenvalue weighted by atomic mass is 35.5. The summed E-state index contributed by atoms with van der Waals surface area (Å²) in [6, 6.07) is 4.28. The van der Waals surface area contributed by atoms with Gasteiger partial charge in [-0.1, -0.05) is 0 Å². The molecule has 72 valence electrons. The maximum Gasteiger partial charge on any atom is 0.263 e. The first-order valence-corrected chi connectivity index (χ1v) is 4.15. The number of halogens is 3. The summed E-state index contributed by atoms with van der Waals surface area (Å²) in [6.45, 7) is 0. The van der Waals surface area contributed by atoms with E-state index in [1.54, 1.807) is 6.07 Å². The molecular weight excluding hydrogens is 198 g/mol. The highest BCUT2D eigenvalue weighted by Gasteiger charge is 2.08. The Balaban J connectivity index is 3.07.